The Balaban J connectivity index is 1.98. The van der Waals surface area contributed by atoms with Gasteiger partial charge in [-0.05, 0) is 56.7 Å². The second kappa shape index (κ2) is 6.32. The van der Waals surface area contributed by atoms with Crippen LogP contribution in [0.1, 0.15) is 59.2 Å². The summed E-state index contributed by atoms with van der Waals surface area (Å²) in [6, 6.07) is 5.71. The normalized spacial score (nSPS) is 17.1. The maximum absolute atomic E-state index is 12.8. The number of hydrogen-bond acceptors (Lipinski definition) is 4. The fourth-order valence-corrected chi connectivity index (χ4v) is 3.88. The molecule has 0 saturated heterocycles. The van der Waals surface area contributed by atoms with Crippen LogP contribution in [0.3, 0.4) is 0 Å². The van der Waals surface area contributed by atoms with Gasteiger partial charge in [-0.25, -0.2) is 0 Å². The molecule has 4 nitrogen and oxygen atoms in total. The van der Waals surface area contributed by atoms with Crippen molar-refractivity contribution in [3.05, 3.63) is 45.4 Å². The van der Waals surface area contributed by atoms with Crippen molar-refractivity contribution >= 4 is 23.1 Å². The van der Waals surface area contributed by atoms with Gasteiger partial charge in [0.1, 0.15) is 0 Å². The third-order valence-electron chi connectivity index (χ3n) is 4.15. The van der Waals surface area contributed by atoms with E-state index in [1.165, 1.54) is 11.3 Å². The zero-order valence-electron chi connectivity index (χ0n) is 13.7. The van der Waals surface area contributed by atoms with Crippen molar-refractivity contribution < 1.29 is 14.3 Å². The Labute approximate surface area is 140 Å². The number of carbonyl (C=O) groups excluding carboxylic acids is 2. The highest BCUT2D eigenvalue weighted by Gasteiger charge is 2.32. The molecule has 0 saturated carbocycles. The van der Waals surface area contributed by atoms with Gasteiger partial charge in [0.2, 0.25) is 5.78 Å². The van der Waals surface area contributed by atoms with Crippen LogP contribution in [0.5, 0.6) is 0 Å². The Kier molecular flexibility index (Phi) is 4.39. The van der Waals surface area contributed by atoms with Crippen molar-refractivity contribution in [3.8, 4) is 0 Å². The van der Waals surface area contributed by atoms with Gasteiger partial charge in [-0.2, -0.15) is 0 Å². The molecule has 0 aromatic carbocycles. The third kappa shape index (κ3) is 2.98. The summed E-state index contributed by atoms with van der Waals surface area (Å²) in [5.41, 5.74) is 2.56. The van der Waals surface area contributed by atoms with E-state index in [2.05, 4.69) is 0 Å². The number of aryl methyl sites for hydroxylation is 1. The zero-order chi connectivity index (χ0) is 16.6. The summed E-state index contributed by atoms with van der Waals surface area (Å²) in [7, 11) is 0. The van der Waals surface area contributed by atoms with Crippen molar-refractivity contribution in [1.82, 2.24) is 4.57 Å². The Hall–Kier alpha value is -1.88. The van der Waals surface area contributed by atoms with Crippen LogP contribution < -0.4 is 0 Å². The zero-order valence-corrected chi connectivity index (χ0v) is 14.5. The number of aromatic nitrogens is 1. The molecule has 3 heterocycles. The fourth-order valence-electron chi connectivity index (χ4n) is 3.22. The van der Waals surface area contributed by atoms with E-state index in [0.29, 0.717) is 5.69 Å². The van der Waals surface area contributed by atoms with E-state index >= 15 is 0 Å². The molecule has 0 N–H and O–H groups in total. The van der Waals surface area contributed by atoms with Gasteiger partial charge in [0, 0.05) is 12.2 Å². The number of fused-ring (bicyclic) bond motifs is 1. The van der Waals surface area contributed by atoms with Crippen molar-refractivity contribution in [3.63, 3.8) is 0 Å². The highest BCUT2D eigenvalue weighted by molar-refractivity contribution is 7.12. The highest BCUT2D eigenvalue weighted by atomic mass is 32.1. The predicted molar refractivity (Wildman–Crippen MR) is 90.1 cm³/mol. The molecule has 0 radical (unpaired) electrons. The van der Waals surface area contributed by atoms with E-state index in [1.54, 1.807) is 0 Å². The standard InChI is InChI=1S/C18H21NO3S/c1-11(2)22-18(21)13-6-4-8-19-14(13)10-12(3)16(19)17(20)15-7-5-9-23-15/h5,7,9-11,13H,4,6,8H2,1-3H3. The van der Waals surface area contributed by atoms with E-state index in [-0.39, 0.29) is 23.8 Å². The number of ketones is 1. The first-order chi connectivity index (χ1) is 11.0. The van der Waals surface area contributed by atoms with Gasteiger partial charge in [0.15, 0.2) is 0 Å². The second-order valence-electron chi connectivity index (χ2n) is 6.24. The maximum Gasteiger partial charge on any atom is 0.315 e. The van der Waals surface area contributed by atoms with Crippen molar-refractivity contribution in [1.29, 1.82) is 0 Å². The number of thiophene rings is 1. The summed E-state index contributed by atoms with van der Waals surface area (Å²) in [6.07, 6.45) is 1.53. The quantitative estimate of drug-likeness (QED) is 0.630. The molecule has 2 aromatic rings. The second-order valence-corrected chi connectivity index (χ2v) is 7.19. The van der Waals surface area contributed by atoms with Gasteiger partial charge in [-0.1, -0.05) is 6.07 Å². The smallest absolute Gasteiger partial charge is 0.315 e. The van der Waals surface area contributed by atoms with E-state index in [0.717, 1.165) is 35.5 Å². The van der Waals surface area contributed by atoms with Crippen molar-refractivity contribution in [2.45, 2.75) is 52.2 Å². The third-order valence-corrected chi connectivity index (χ3v) is 5.02. The van der Waals surface area contributed by atoms with Crippen LogP contribution in [0.15, 0.2) is 23.6 Å². The van der Waals surface area contributed by atoms with Crippen LogP contribution in [-0.4, -0.2) is 22.4 Å². The van der Waals surface area contributed by atoms with Crippen LogP contribution in [0.4, 0.5) is 0 Å². The van der Waals surface area contributed by atoms with Crippen LogP contribution in [0.2, 0.25) is 0 Å². The number of esters is 1. The fraction of sp³-hybridized carbons (Fsp3) is 0.444. The number of ether oxygens (including phenoxy) is 1. The SMILES string of the molecule is Cc1cc2n(c1C(=O)c1cccs1)CCCC2C(=O)OC(C)C. The minimum Gasteiger partial charge on any atom is -0.462 e. The van der Waals surface area contributed by atoms with Gasteiger partial charge in [0.05, 0.1) is 22.6 Å². The Bertz CT molecular complexity index is 728. The summed E-state index contributed by atoms with van der Waals surface area (Å²) < 4.78 is 7.41. The monoisotopic (exact) mass is 331 g/mol. The lowest BCUT2D eigenvalue weighted by molar-refractivity contribution is -0.149. The van der Waals surface area contributed by atoms with Crippen molar-refractivity contribution in [2.75, 3.05) is 0 Å². The molecule has 0 bridgehead atoms. The number of rotatable bonds is 4. The number of nitrogens with zero attached hydrogens (tertiary/aromatic N) is 1. The largest absolute Gasteiger partial charge is 0.462 e. The molecule has 2 aromatic heterocycles. The van der Waals surface area contributed by atoms with Crippen LogP contribution in [-0.2, 0) is 16.1 Å². The van der Waals surface area contributed by atoms with Crippen LogP contribution in [0.25, 0.3) is 0 Å². The molecule has 3 rings (SSSR count). The number of hydrogen-bond donors (Lipinski definition) is 0. The molecule has 1 unspecified atom stereocenters. The van der Waals surface area contributed by atoms with Crippen molar-refractivity contribution in [2.24, 2.45) is 0 Å². The summed E-state index contributed by atoms with van der Waals surface area (Å²) in [4.78, 5) is 25.9. The summed E-state index contributed by atoms with van der Waals surface area (Å²) in [5.74, 6) is -0.412. The van der Waals surface area contributed by atoms with E-state index in [9.17, 15) is 9.59 Å². The topological polar surface area (TPSA) is 48.3 Å². The predicted octanol–water partition coefficient (Wildman–Crippen LogP) is 3.92. The molecule has 0 spiro atoms. The summed E-state index contributed by atoms with van der Waals surface area (Å²) in [5, 5.41) is 1.91. The average molecular weight is 331 g/mol. The molecular weight excluding hydrogens is 310 g/mol. The van der Waals surface area contributed by atoms with Gasteiger partial charge in [-0.3, -0.25) is 9.59 Å². The Morgan fingerprint density at radius 3 is 2.83 bits per heavy atom. The molecule has 0 fully saturated rings. The average Bonchev–Trinajstić information content (AvgIpc) is 3.12. The molecule has 0 amide bonds. The minimum absolute atomic E-state index is 0.0432. The molecule has 122 valence electrons. The molecule has 5 heteroatoms. The first kappa shape index (κ1) is 16.0. The highest BCUT2D eigenvalue weighted by Crippen LogP contribution is 2.34. The lowest BCUT2D eigenvalue weighted by Crippen LogP contribution is -2.27. The lowest BCUT2D eigenvalue weighted by atomic mass is 9.96. The molecule has 23 heavy (non-hydrogen) atoms. The summed E-state index contributed by atoms with van der Waals surface area (Å²) in [6.45, 7) is 6.44. The Morgan fingerprint density at radius 2 is 2.17 bits per heavy atom. The lowest BCUT2D eigenvalue weighted by Gasteiger charge is -2.25. The molecule has 1 aliphatic heterocycles. The molecule has 1 aliphatic rings. The molecule has 0 aliphatic carbocycles. The minimum atomic E-state index is -0.269. The van der Waals surface area contributed by atoms with E-state index < -0.39 is 0 Å². The first-order valence-electron chi connectivity index (χ1n) is 7.97. The van der Waals surface area contributed by atoms with Gasteiger partial charge in [-0.15, -0.1) is 11.3 Å². The Morgan fingerprint density at radius 1 is 1.39 bits per heavy atom. The van der Waals surface area contributed by atoms with Crippen LogP contribution in [0, 0.1) is 6.92 Å². The van der Waals surface area contributed by atoms with Gasteiger partial charge in [0.25, 0.3) is 0 Å². The molecule has 1 atom stereocenters. The maximum atomic E-state index is 12.8. The molecular formula is C18H21NO3S. The number of carbonyl (C=O) groups is 2. The van der Waals surface area contributed by atoms with Gasteiger partial charge < -0.3 is 9.30 Å². The van der Waals surface area contributed by atoms with E-state index in [1.807, 2.05) is 48.9 Å². The van der Waals surface area contributed by atoms with E-state index in [4.69, 9.17) is 4.74 Å². The van der Waals surface area contributed by atoms with Crippen LogP contribution >= 0.6 is 11.3 Å². The first-order valence-corrected chi connectivity index (χ1v) is 8.85. The van der Waals surface area contributed by atoms with Gasteiger partial charge >= 0.3 is 5.97 Å². The summed E-state index contributed by atoms with van der Waals surface area (Å²) >= 11 is 1.45.